The van der Waals surface area contributed by atoms with Crippen LogP contribution >= 0.6 is 0 Å². The van der Waals surface area contributed by atoms with Crippen molar-refractivity contribution in [3.63, 3.8) is 0 Å². The van der Waals surface area contributed by atoms with Gasteiger partial charge in [0.05, 0.1) is 50.0 Å². The molecule has 0 unspecified atom stereocenters. The Bertz CT molecular complexity index is 2980. The Morgan fingerprint density at radius 3 is 2.31 bits per heavy atom. The fourth-order valence-electron chi connectivity index (χ4n) is 9.11. The van der Waals surface area contributed by atoms with Gasteiger partial charge in [0.2, 0.25) is 41.0 Å². The minimum absolute atomic E-state index is 0. The van der Waals surface area contributed by atoms with E-state index < -0.39 is 104 Å². The van der Waals surface area contributed by atoms with Crippen molar-refractivity contribution in [3.05, 3.63) is 116 Å². The molecule has 0 bridgehead atoms. The summed E-state index contributed by atoms with van der Waals surface area (Å²) in [5, 5.41) is 15.9. The summed E-state index contributed by atoms with van der Waals surface area (Å²) in [6, 6.07) is 10.1. The van der Waals surface area contributed by atoms with Gasteiger partial charge >= 0.3 is 0 Å². The van der Waals surface area contributed by atoms with Crippen LogP contribution in [0.25, 0.3) is 22.3 Å². The normalized spacial score (nSPS) is 15.4. The summed E-state index contributed by atoms with van der Waals surface area (Å²) >= 11 is 0. The van der Waals surface area contributed by atoms with Gasteiger partial charge in [-0.3, -0.25) is 52.8 Å². The molecule has 4 aliphatic rings. The third-order valence-electron chi connectivity index (χ3n) is 12.7. The van der Waals surface area contributed by atoms with Crippen molar-refractivity contribution < 1.29 is 73.5 Å². The van der Waals surface area contributed by atoms with E-state index in [0.29, 0.717) is 80.9 Å². The van der Waals surface area contributed by atoms with Gasteiger partial charge in [0.25, 0.3) is 17.8 Å². The van der Waals surface area contributed by atoms with Gasteiger partial charge in [-0.2, -0.15) is 5.56 Å². The van der Waals surface area contributed by atoms with Gasteiger partial charge in [0.15, 0.2) is 0 Å². The van der Waals surface area contributed by atoms with Gasteiger partial charge in [0.1, 0.15) is 25.2 Å². The SMILES string of the molecule is CC[C-]1C(=O)OCc2c1cc1n(c2=O)Cc2c-1nc1cc(F)c(C)c3c1c2[C@@H](NC(=O)COCNC(=O)CNC(=O)[C@H](Cc1ccccc1)NC(=O)CNC(=O)CNC(=O)CCN1C(=O)C=CC1=O)CC3.[Ni]. The molecule has 2 aromatic carbocycles. The number of carbonyl (C=O) groups is 9. The van der Waals surface area contributed by atoms with Crippen molar-refractivity contribution >= 4 is 64.1 Å². The Morgan fingerprint density at radius 2 is 1.57 bits per heavy atom. The smallest absolute Gasteiger partial charge is 0.277 e. The molecule has 0 fully saturated rings. The molecule has 21 nitrogen and oxygen atoms in total. The number of halogens is 1. The second-order valence-corrected chi connectivity index (χ2v) is 17.2. The number of cyclic esters (lactones) is 1. The number of esters is 1. The molecule has 0 saturated heterocycles. The first kappa shape index (κ1) is 52.1. The summed E-state index contributed by atoms with van der Waals surface area (Å²) in [5.74, 6) is -5.63. The topological polar surface area (TPSA) is 282 Å². The Kier molecular flexibility index (Phi) is 16.3. The summed E-state index contributed by atoms with van der Waals surface area (Å²) in [4.78, 5) is 132. The second kappa shape index (κ2) is 22.5. The Labute approximate surface area is 420 Å². The first-order valence-electron chi connectivity index (χ1n) is 22.9. The summed E-state index contributed by atoms with van der Waals surface area (Å²) in [7, 11) is 0. The molecular formula is C49H49FN9NiO12-. The number of fused-ring (bicyclic) bond motifs is 5. The van der Waals surface area contributed by atoms with Crippen molar-refractivity contribution in [1.82, 2.24) is 46.4 Å². The average molecular weight is 1030 g/mol. The van der Waals surface area contributed by atoms with Crippen LogP contribution in [0.5, 0.6) is 0 Å². The van der Waals surface area contributed by atoms with E-state index in [9.17, 15) is 47.9 Å². The molecule has 3 aliphatic heterocycles. The van der Waals surface area contributed by atoms with Crippen molar-refractivity contribution in [3.8, 4) is 11.4 Å². The fourth-order valence-corrected chi connectivity index (χ4v) is 9.11. The molecule has 0 spiro atoms. The van der Waals surface area contributed by atoms with Gasteiger partial charge in [-0.15, -0.1) is 6.07 Å². The van der Waals surface area contributed by atoms with E-state index in [-0.39, 0.29) is 54.6 Å². The number of aryl methyl sites for hydroxylation is 1. The number of hydrogen-bond donors (Lipinski definition) is 6. The summed E-state index contributed by atoms with van der Waals surface area (Å²) in [6.07, 6.45) is 3.14. The van der Waals surface area contributed by atoms with Crippen LogP contribution in [-0.2, 0) is 95.1 Å². The summed E-state index contributed by atoms with van der Waals surface area (Å²) < 4.78 is 27.7. The van der Waals surface area contributed by atoms with Gasteiger partial charge in [-0.05, 0) is 47.6 Å². The monoisotopic (exact) mass is 1030 g/mol. The first-order valence-corrected chi connectivity index (χ1v) is 22.9. The van der Waals surface area contributed by atoms with E-state index in [1.54, 1.807) is 54.8 Å². The zero-order chi connectivity index (χ0) is 50.5. The molecule has 2 aromatic heterocycles. The first-order chi connectivity index (χ1) is 34.1. The number of pyridine rings is 2. The summed E-state index contributed by atoms with van der Waals surface area (Å²) in [5.41, 5.74) is 5.11. The van der Waals surface area contributed by atoms with Crippen LogP contribution < -0.4 is 37.5 Å². The van der Waals surface area contributed by atoms with Crippen LogP contribution in [0.2, 0.25) is 0 Å². The van der Waals surface area contributed by atoms with Gasteiger partial charge < -0.3 is 45.9 Å². The average Bonchev–Trinajstić information content (AvgIpc) is 3.89. The van der Waals surface area contributed by atoms with Crippen molar-refractivity contribution in [2.24, 2.45) is 0 Å². The maximum Gasteiger partial charge on any atom is 0.277 e. The zero-order valence-electron chi connectivity index (χ0n) is 39.0. The maximum atomic E-state index is 15.3. The predicted molar refractivity (Wildman–Crippen MR) is 247 cm³/mol. The zero-order valence-corrected chi connectivity index (χ0v) is 40.0. The van der Waals surface area contributed by atoms with E-state index in [1.165, 1.54) is 6.07 Å². The third-order valence-corrected chi connectivity index (χ3v) is 12.7. The van der Waals surface area contributed by atoms with Crippen LogP contribution in [0.1, 0.15) is 71.2 Å². The fraction of sp³-hybridized carbons (Fsp3) is 0.347. The number of amides is 8. The van der Waals surface area contributed by atoms with Gasteiger partial charge in [-0.25, -0.2) is 9.37 Å². The van der Waals surface area contributed by atoms with E-state index in [2.05, 4.69) is 31.9 Å². The predicted octanol–water partition coefficient (Wildman–Crippen LogP) is -0.155. The van der Waals surface area contributed by atoms with Crippen LogP contribution in [0.15, 0.2) is 59.4 Å². The number of carbonyl (C=O) groups excluding carboxylic acids is 9. The Balaban J connectivity index is 0.00000760. The van der Waals surface area contributed by atoms with Crippen molar-refractivity contribution in [2.75, 3.05) is 39.5 Å². The van der Waals surface area contributed by atoms with Crippen molar-refractivity contribution in [2.45, 2.75) is 71.2 Å². The molecule has 8 amide bonds. The van der Waals surface area contributed by atoms with E-state index in [0.717, 1.165) is 22.6 Å². The molecule has 23 heteroatoms. The molecule has 6 N–H and O–H groups in total. The maximum absolute atomic E-state index is 15.3. The third kappa shape index (κ3) is 11.2. The number of nitrogens with zero attached hydrogens (tertiary/aromatic N) is 3. The van der Waals surface area contributed by atoms with E-state index >= 15 is 4.39 Å². The number of nitrogens with one attached hydrogen (secondary N) is 6. The molecular weight excluding hydrogens is 984 g/mol. The summed E-state index contributed by atoms with van der Waals surface area (Å²) in [6.45, 7) is 0.822. The number of imide groups is 1. The van der Waals surface area contributed by atoms with Crippen LogP contribution in [0.4, 0.5) is 4.39 Å². The number of aromatic nitrogens is 2. The molecule has 0 radical (unpaired) electrons. The molecule has 0 saturated carbocycles. The van der Waals surface area contributed by atoms with E-state index in [4.69, 9.17) is 14.5 Å². The number of ether oxygens (including phenoxy) is 2. The minimum atomic E-state index is -1.18. The Morgan fingerprint density at radius 1 is 0.875 bits per heavy atom. The largest absolute Gasteiger partial charge is 0.479 e. The van der Waals surface area contributed by atoms with Gasteiger partial charge in [0, 0.05) is 70.7 Å². The minimum Gasteiger partial charge on any atom is -0.479 e. The van der Waals surface area contributed by atoms with Crippen LogP contribution in [0.3, 0.4) is 0 Å². The van der Waals surface area contributed by atoms with Crippen molar-refractivity contribution in [1.29, 1.82) is 0 Å². The molecule has 5 heterocycles. The molecule has 8 rings (SSSR count). The van der Waals surface area contributed by atoms with E-state index in [1.807, 2.05) is 0 Å². The molecule has 380 valence electrons. The number of hydrogen-bond acceptors (Lipinski definition) is 13. The molecule has 1 aliphatic carbocycles. The quantitative estimate of drug-likeness (QED) is 0.0157. The molecule has 72 heavy (non-hydrogen) atoms. The van der Waals surface area contributed by atoms with Gasteiger partial charge in [-0.1, -0.05) is 49.6 Å². The molecule has 4 aromatic rings. The van der Waals surface area contributed by atoms with Crippen LogP contribution in [0, 0.1) is 18.7 Å². The number of rotatable bonds is 19. The van der Waals surface area contributed by atoms with Crippen LogP contribution in [-0.4, -0.2) is 113 Å². The standard InChI is InChI=1S/C49H49FN9O12.Ni/c1-3-27-29-16-36-46-30(21-59(36)48(68)31(29)22-71-49(27)69)45-33(10-9-28-25(2)32(50)17-34(57-46)44(28)45)55-41(64)23-70-24-54-39(62)19-53-47(67)35(15-26-7-5-4-6-8-26)56-40(63)20-52-38(61)18-51-37(60)13-14-58-42(65)11-12-43(58)66;/h4-8,11-12,16-17,33,35H,3,9-10,13-15,18-24H2,1-2H3,(H,51,60)(H,52,61)(H,53,67)(H,54,62)(H,55,64)(H,56,63);/q-1;/t33-,35-;/m0./s1. The molecule has 2 atom stereocenters. The second-order valence-electron chi connectivity index (χ2n) is 17.2. The Hall–Kier alpha value is -7.78. The number of benzene rings is 2.